The van der Waals surface area contributed by atoms with E-state index in [1.54, 1.807) is 43.3 Å². The monoisotopic (exact) mass is 943 g/mol. The third-order valence-electron chi connectivity index (χ3n) is 8.91. The van der Waals surface area contributed by atoms with Gasteiger partial charge in [-0.1, -0.05) is 37.9 Å². The zero-order chi connectivity index (χ0) is 43.1. The van der Waals surface area contributed by atoms with Gasteiger partial charge in [-0.05, 0) is 87.0 Å². The highest BCUT2D eigenvalue weighted by Gasteiger charge is 2.20. The fourth-order valence-corrected chi connectivity index (χ4v) is 6.61. The number of halogens is 8. The van der Waals surface area contributed by atoms with Crippen LogP contribution in [0.15, 0.2) is 99.9 Å². The number of nitrogens with zero attached hydrogens (tertiary/aromatic N) is 1. The lowest BCUT2D eigenvalue weighted by atomic mass is 10.0. The number of ketones is 2. The summed E-state index contributed by atoms with van der Waals surface area (Å²) >= 11 is 6.68. The molecule has 0 spiro atoms. The summed E-state index contributed by atoms with van der Waals surface area (Å²) in [5.41, 5.74) is 2.98. The molecule has 0 unspecified atom stereocenters. The van der Waals surface area contributed by atoms with Gasteiger partial charge >= 0.3 is 5.97 Å². The Morgan fingerprint density at radius 3 is 1.69 bits per heavy atom. The summed E-state index contributed by atoms with van der Waals surface area (Å²) in [7, 11) is 0. The second-order valence-electron chi connectivity index (χ2n) is 13.2. The van der Waals surface area contributed by atoms with Crippen LogP contribution >= 0.6 is 31.9 Å². The molecular formula is C44H33Br2F6NO6. The van der Waals surface area contributed by atoms with Crippen LogP contribution < -0.4 is 9.47 Å². The van der Waals surface area contributed by atoms with Crippen molar-refractivity contribution in [3.8, 4) is 28.4 Å². The van der Waals surface area contributed by atoms with Crippen molar-refractivity contribution >= 4 is 49.4 Å². The molecule has 7 nitrogen and oxygen atoms in total. The van der Waals surface area contributed by atoms with Crippen molar-refractivity contribution in [2.75, 3.05) is 0 Å². The van der Waals surface area contributed by atoms with E-state index in [0.29, 0.717) is 57.0 Å². The van der Waals surface area contributed by atoms with E-state index in [1.807, 2.05) is 29.7 Å². The molecule has 0 aliphatic heterocycles. The Kier molecular flexibility index (Phi) is 14.6. The van der Waals surface area contributed by atoms with Crippen molar-refractivity contribution < 1.29 is 55.3 Å². The van der Waals surface area contributed by atoms with Crippen LogP contribution in [0.4, 0.5) is 26.3 Å². The molecule has 0 amide bonds. The van der Waals surface area contributed by atoms with Crippen LogP contribution in [-0.4, -0.2) is 27.2 Å². The Bertz CT molecular complexity index is 2530. The highest BCUT2D eigenvalue weighted by Crippen LogP contribution is 2.37. The molecule has 0 atom stereocenters. The first-order valence-electron chi connectivity index (χ1n) is 17.6. The standard InChI is InChI=1S/C26H19BrF3NO3.C18H14BrF3O3/c1-14-3-6-18(12-19(14)26(32)33)31-15(2)4-7-24(31)20-9-16(27)5-8-25(20)34-13-21-22(29)10-17(28)11-23(21)30;1-10(23)2-4-17(24)13-6-11(19)3-5-18(13)25-9-14-15(21)7-12(20)8-16(14)22/h3-12H,13H2,1-2H3,(H,32,33);3,5-8H,2,4,9H2,1H3. The maximum atomic E-state index is 14.1. The van der Waals surface area contributed by atoms with Crippen molar-refractivity contribution in [1.82, 2.24) is 4.57 Å². The van der Waals surface area contributed by atoms with Gasteiger partial charge < -0.3 is 23.9 Å². The van der Waals surface area contributed by atoms with Gasteiger partial charge in [-0.3, -0.25) is 4.79 Å². The zero-order valence-electron chi connectivity index (χ0n) is 31.4. The summed E-state index contributed by atoms with van der Waals surface area (Å²) in [6.45, 7) is 4.04. The van der Waals surface area contributed by atoms with Crippen molar-refractivity contribution in [2.24, 2.45) is 0 Å². The van der Waals surface area contributed by atoms with E-state index in [9.17, 15) is 45.8 Å². The average Bonchev–Trinajstić information content (AvgIpc) is 3.55. The minimum Gasteiger partial charge on any atom is -0.488 e. The fraction of sp³-hybridized carbons (Fsp3) is 0.159. The lowest BCUT2D eigenvalue weighted by Crippen LogP contribution is -2.08. The summed E-state index contributed by atoms with van der Waals surface area (Å²) in [4.78, 5) is 35.0. The number of ether oxygens (including phenoxy) is 2. The third-order valence-corrected chi connectivity index (χ3v) is 9.89. The van der Waals surface area contributed by atoms with Crippen LogP contribution in [0.25, 0.3) is 16.9 Å². The van der Waals surface area contributed by atoms with E-state index in [4.69, 9.17) is 9.47 Å². The molecule has 1 aromatic heterocycles. The van der Waals surface area contributed by atoms with E-state index in [1.165, 1.54) is 19.1 Å². The molecule has 0 aliphatic rings. The highest BCUT2D eigenvalue weighted by molar-refractivity contribution is 9.10. The lowest BCUT2D eigenvalue weighted by Gasteiger charge is -2.17. The Labute approximate surface area is 351 Å². The summed E-state index contributed by atoms with van der Waals surface area (Å²) in [6, 6.07) is 21.0. The number of hydrogen-bond acceptors (Lipinski definition) is 5. The van der Waals surface area contributed by atoms with Gasteiger partial charge in [0.2, 0.25) is 0 Å². The normalized spacial score (nSPS) is 10.8. The number of carboxylic acids is 1. The number of aromatic nitrogens is 1. The quantitative estimate of drug-likeness (QED) is 0.0915. The van der Waals surface area contributed by atoms with E-state index < -0.39 is 59.6 Å². The summed E-state index contributed by atoms with van der Waals surface area (Å²) in [5.74, 6) is -7.24. The number of carboxylic acid groups (broad SMARTS) is 1. The van der Waals surface area contributed by atoms with Gasteiger partial charge in [0.15, 0.2) is 5.78 Å². The van der Waals surface area contributed by atoms with Crippen molar-refractivity contribution in [3.05, 3.63) is 168 Å². The topological polar surface area (TPSA) is 94.8 Å². The van der Waals surface area contributed by atoms with Gasteiger partial charge in [-0.2, -0.15) is 0 Å². The highest BCUT2D eigenvalue weighted by atomic mass is 79.9. The molecule has 6 aromatic rings. The molecule has 0 radical (unpaired) electrons. The van der Waals surface area contributed by atoms with E-state index in [0.717, 1.165) is 10.2 Å². The van der Waals surface area contributed by atoms with Crippen LogP contribution in [0.1, 0.15) is 62.9 Å². The number of carbonyl (C=O) groups is 3. The number of carbonyl (C=O) groups excluding carboxylic acids is 2. The Balaban J connectivity index is 0.000000236. The maximum absolute atomic E-state index is 14.1. The van der Waals surface area contributed by atoms with Crippen LogP contribution in [0, 0.1) is 48.8 Å². The molecule has 5 aromatic carbocycles. The van der Waals surface area contributed by atoms with E-state index in [2.05, 4.69) is 31.9 Å². The Morgan fingerprint density at radius 2 is 1.15 bits per heavy atom. The van der Waals surface area contributed by atoms with Crippen LogP contribution in [0.5, 0.6) is 11.5 Å². The first kappa shape index (κ1) is 44.4. The van der Waals surface area contributed by atoms with Gasteiger partial charge in [-0.15, -0.1) is 0 Å². The molecule has 1 N–H and O–H groups in total. The fourth-order valence-electron chi connectivity index (χ4n) is 5.89. The minimum absolute atomic E-state index is 0.00141. The van der Waals surface area contributed by atoms with Crippen molar-refractivity contribution in [1.29, 1.82) is 0 Å². The van der Waals surface area contributed by atoms with Gasteiger partial charge in [0, 0.05) is 63.0 Å². The molecule has 0 fully saturated rings. The maximum Gasteiger partial charge on any atom is 0.336 e. The van der Waals surface area contributed by atoms with Crippen LogP contribution in [-0.2, 0) is 18.0 Å². The van der Waals surface area contributed by atoms with Crippen LogP contribution in [0.3, 0.4) is 0 Å². The zero-order valence-corrected chi connectivity index (χ0v) is 34.6. The van der Waals surface area contributed by atoms with E-state index in [-0.39, 0.29) is 46.8 Å². The molecule has 306 valence electrons. The lowest BCUT2D eigenvalue weighted by molar-refractivity contribution is -0.117. The smallest absolute Gasteiger partial charge is 0.336 e. The summed E-state index contributed by atoms with van der Waals surface area (Å²) in [6.07, 6.45) is 0.0907. The second kappa shape index (κ2) is 19.4. The van der Waals surface area contributed by atoms with Gasteiger partial charge in [0.25, 0.3) is 0 Å². The molecule has 59 heavy (non-hydrogen) atoms. The predicted octanol–water partition coefficient (Wildman–Crippen LogP) is 12.2. The number of Topliss-reactive ketones (excluding diaryl/α,β-unsaturated/α-hetero) is 2. The Hall–Kier alpha value is -5.67. The number of benzene rings is 5. The summed E-state index contributed by atoms with van der Waals surface area (Å²) < 4.78 is 96.1. The first-order chi connectivity index (χ1) is 27.9. The SMILES string of the molecule is CC(=O)CCC(=O)c1cc(Br)ccc1OCc1c(F)cc(F)cc1F.Cc1ccc(-n2c(C)ccc2-c2cc(Br)ccc2OCc2c(F)cc(F)cc2F)cc1C(=O)O. The predicted molar refractivity (Wildman–Crippen MR) is 215 cm³/mol. The first-order valence-corrected chi connectivity index (χ1v) is 19.2. The number of aryl methyl sites for hydroxylation is 2. The Morgan fingerprint density at radius 1 is 0.627 bits per heavy atom. The molecule has 0 aliphatic carbocycles. The molecule has 0 saturated heterocycles. The number of hydrogen-bond donors (Lipinski definition) is 1. The van der Waals surface area contributed by atoms with Gasteiger partial charge in [-0.25, -0.2) is 31.1 Å². The molecule has 0 bridgehead atoms. The van der Waals surface area contributed by atoms with E-state index >= 15 is 0 Å². The second-order valence-corrected chi connectivity index (χ2v) is 15.0. The summed E-state index contributed by atoms with van der Waals surface area (Å²) in [5, 5.41) is 9.54. The van der Waals surface area contributed by atoms with Crippen molar-refractivity contribution in [3.63, 3.8) is 0 Å². The average molecular weight is 946 g/mol. The van der Waals surface area contributed by atoms with Crippen molar-refractivity contribution in [2.45, 2.75) is 46.8 Å². The molecule has 1 heterocycles. The third kappa shape index (κ3) is 11.1. The number of rotatable bonds is 13. The molecule has 15 heteroatoms. The minimum atomic E-state index is -1.07. The number of aromatic carboxylic acids is 1. The molecule has 6 rings (SSSR count). The molecule has 0 saturated carbocycles. The van der Waals surface area contributed by atoms with Crippen LogP contribution in [0.2, 0.25) is 0 Å². The largest absolute Gasteiger partial charge is 0.488 e. The van der Waals surface area contributed by atoms with Gasteiger partial charge in [0.05, 0.1) is 27.9 Å². The van der Waals surface area contributed by atoms with Gasteiger partial charge in [0.1, 0.15) is 65.4 Å². The molecular weight excluding hydrogens is 912 g/mol.